The van der Waals surface area contributed by atoms with Crippen molar-refractivity contribution >= 4 is 11.6 Å². The SMILES string of the molecule is CCC1(CC)CCN(C(=O)Cn2cc(N)ccc2=O)C1. The van der Waals surface area contributed by atoms with Gasteiger partial charge in [-0.15, -0.1) is 0 Å². The minimum Gasteiger partial charge on any atom is -0.398 e. The van der Waals surface area contributed by atoms with Crippen molar-refractivity contribution in [3.63, 3.8) is 0 Å². The van der Waals surface area contributed by atoms with E-state index < -0.39 is 0 Å². The molecule has 1 aliphatic heterocycles. The Hall–Kier alpha value is -1.78. The number of pyridine rings is 1. The van der Waals surface area contributed by atoms with Gasteiger partial charge < -0.3 is 15.2 Å². The molecule has 2 N–H and O–H groups in total. The van der Waals surface area contributed by atoms with Crippen LogP contribution in [0.1, 0.15) is 33.1 Å². The minimum absolute atomic E-state index is 0.00137. The van der Waals surface area contributed by atoms with Gasteiger partial charge in [0, 0.05) is 31.0 Å². The second kappa shape index (κ2) is 5.69. The van der Waals surface area contributed by atoms with Gasteiger partial charge in [0.15, 0.2) is 0 Å². The molecule has 0 unspecified atom stereocenters. The molecule has 2 heterocycles. The van der Waals surface area contributed by atoms with Crippen LogP contribution in [0.5, 0.6) is 0 Å². The summed E-state index contributed by atoms with van der Waals surface area (Å²) in [7, 11) is 0. The zero-order chi connectivity index (χ0) is 14.8. The Bertz CT molecular complexity index is 546. The van der Waals surface area contributed by atoms with Crippen LogP contribution >= 0.6 is 0 Å². The van der Waals surface area contributed by atoms with Crippen LogP contribution in [0.4, 0.5) is 5.69 Å². The van der Waals surface area contributed by atoms with Crippen LogP contribution < -0.4 is 11.3 Å². The summed E-state index contributed by atoms with van der Waals surface area (Å²) in [4.78, 5) is 25.9. The first kappa shape index (κ1) is 14.6. The van der Waals surface area contributed by atoms with Gasteiger partial charge in [-0.25, -0.2) is 0 Å². The van der Waals surface area contributed by atoms with E-state index in [1.165, 1.54) is 16.8 Å². The average molecular weight is 277 g/mol. The van der Waals surface area contributed by atoms with E-state index >= 15 is 0 Å². The number of carbonyl (C=O) groups excluding carboxylic acids is 1. The Balaban J connectivity index is 2.07. The molecule has 20 heavy (non-hydrogen) atoms. The molecule has 0 aromatic carbocycles. The molecule has 0 spiro atoms. The van der Waals surface area contributed by atoms with Crippen molar-refractivity contribution in [1.82, 2.24) is 9.47 Å². The topological polar surface area (TPSA) is 68.3 Å². The summed E-state index contributed by atoms with van der Waals surface area (Å²) in [5, 5.41) is 0. The third kappa shape index (κ3) is 2.86. The summed E-state index contributed by atoms with van der Waals surface area (Å²) < 4.78 is 1.38. The molecule has 1 aromatic heterocycles. The predicted octanol–water partition coefficient (Wildman–Crippen LogP) is 1.47. The van der Waals surface area contributed by atoms with Gasteiger partial charge in [-0.2, -0.15) is 0 Å². The third-order valence-corrected chi connectivity index (χ3v) is 4.60. The van der Waals surface area contributed by atoms with Gasteiger partial charge in [0.1, 0.15) is 6.54 Å². The molecule has 1 saturated heterocycles. The van der Waals surface area contributed by atoms with Gasteiger partial charge >= 0.3 is 0 Å². The highest BCUT2D eigenvalue weighted by Gasteiger charge is 2.36. The highest BCUT2D eigenvalue weighted by Crippen LogP contribution is 2.36. The number of carbonyl (C=O) groups is 1. The van der Waals surface area contributed by atoms with E-state index in [4.69, 9.17) is 5.73 Å². The first-order chi connectivity index (χ1) is 9.49. The highest BCUT2D eigenvalue weighted by atomic mass is 16.2. The molecule has 110 valence electrons. The van der Waals surface area contributed by atoms with Crippen molar-refractivity contribution in [2.24, 2.45) is 5.41 Å². The van der Waals surface area contributed by atoms with Gasteiger partial charge in [0.05, 0.1) is 0 Å². The van der Waals surface area contributed by atoms with Crippen molar-refractivity contribution in [1.29, 1.82) is 0 Å². The van der Waals surface area contributed by atoms with Crippen molar-refractivity contribution in [3.8, 4) is 0 Å². The Morgan fingerprint density at radius 3 is 2.65 bits per heavy atom. The molecule has 0 saturated carbocycles. The van der Waals surface area contributed by atoms with E-state index in [0.717, 1.165) is 32.4 Å². The Morgan fingerprint density at radius 1 is 1.35 bits per heavy atom. The van der Waals surface area contributed by atoms with Crippen molar-refractivity contribution < 1.29 is 4.79 Å². The number of likely N-dealkylation sites (tertiary alicyclic amines) is 1. The fourth-order valence-electron chi connectivity index (χ4n) is 2.89. The number of aromatic nitrogens is 1. The Morgan fingerprint density at radius 2 is 2.05 bits per heavy atom. The summed E-state index contributed by atoms with van der Waals surface area (Å²) in [5.41, 5.74) is 6.22. The van der Waals surface area contributed by atoms with Crippen LogP contribution in [0, 0.1) is 5.41 Å². The van der Waals surface area contributed by atoms with E-state index in [-0.39, 0.29) is 23.4 Å². The summed E-state index contributed by atoms with van der Waals surface area (Å²) in [6.45, 7) is 6.03. The number of hydrogen-bond acceptors (Lipinski definition) is 3. The molecule has 2 rings (SSSR count). The first-order valence-corrected chi connectivity index (χ1v) is 7.23. The third-order valence-electron chi connectivity index (χ3n) is 4.60. The van der Waals surface area contributed by atoms with E-state index in [9.17, 15) is 9.59 Å². The smallest absolute Gasteiger partial charge is 0.251 e. The number of nitrogen functional groups attached to an aromatic ring is 1. The Labute approximate surface area is 119 Å². The molecule has 5 heteroatoms. The fourth-order valence-corrected chi connectivity index (χ4v) is 2.89. The van der Waals surface area contributed by atoms with E-state index in [0.29, 0.717) is 5.69 Å². The molecule has 1 amide bonds. The van der Waals surface area contributed by atoms with Crippen molar-refractivity contribution in [3.05, 3.63) is 28.7 Å². The van der Waals surface area contributed by atoms with E-state index in [1.54, 1.807) is 6.07 Å². The molecule has 0 atom stereocenters. The monoisotopic (exact) mass is 277 g/mol. The molecule has 0 aliphatic carbocycles. The van der Waals surface area contributed by atoms with Crippen molar-refractivity contribution in [2.45, 2.75) is 39.7 Å². The number of hydrogen-bond donors (Lipinski definition) is 1. The summed E-state index contributed by atoms with van der Waals surface area (Å²) >= 11 is 0. The van der Waals surface area contributed by atoms with E-state index in [1.807, 2.05) is 4.90 Å². The van der Waals surface area contributed by atoms with Crippen molar-refractivity contribution in [2.75, 3.05) is 18.8 Å². The lowest BCUT2D eigenvalue weighted by atomic mass is 9.82. The molecule has 1 aromatic rings. The van der Waals surface area contributed by atoms with Crippen LogP contribution in [0.2, 0.25) is 0 Å². The van der Waals surface area contributed by atoms with Gasteiger partial charge in [-0.3, -0.25) is 9.59 Å². The average Bonchev–Trinajstić information content (AvgIpc) is 2.88. The van der Waals surface area contributed by atoms with Crippen LogP contribution in [0.25, 0.3) is 0 Å². The molecular formula is C15H23N3O2. The summed E-state index contributed by atoms with van der Waals surface area (Å²) in [6.07, 6.45) is 4.76. The van der Waals surface area contributed by atoms with Crippen LogP contribution in [-0.2, 0) is 11.3 Å². The standard InChI is InChI=1S/C15H23N3O2/c1-3-15(4-2)7-8-17(11-15)14(20)10-18-9-12(16)5-6-13(18)19/h5-6,9H,3-4,7-8,10-11,16H2,1-2H3. The molecule has 1 fully saturated rings. The molecule has 0 radical (unpaired) electrons. The lowest BCUT2D eigenvalue weighted by Gasteiger charge is -2.26. The number of nitrogens with two attached hydrogens (primary N) is 1. The van der Waals surface area contributed by atoms with Crippen LogP contribution in [0.15, 0.2) is 23.1 Å². The maximum atomic E-state index is 12.3. The summed E-state index contributed by atoms with van der Waals surface area (Å²) in [5.74, 6) is 0.00137. The molecule has 1 aliphatic rings. The summed E-state index contributed by atoms with van der Waals surface area (Å²) in [6, 6.07) is 2.95. The number of anilines is 1. The molecule has 5 nitrogen and oxygen atoms in total. The predicted molar refractivity (Wildman–Crippen MR) is 79.3 cm³/mol. The second-order valence-corrected chi connectivity index (χ2v) is 5.70. The zero-order valence-corrected chi connectivity index (χ0v) is 12.3. The molecule has 0 bridgehead atoms. The normalized spacial score (nSPS) is 17.4. The highest BCUT2D eigenvalue weighted by molar-refractivity contribution is 5.76. The number of amides is 1. The maximum Gasteiger partial charge on any atom is 0.251 e. The van der Waals surface area contributed by atoms with Crippen LogP contribution in [0.3, 0.4) is 0 Å². The number of rotatable bonds is 4. The largest absolute Gasteiger partial charge is 0.398 e. The minimum atomic E-state index is -0.191. The Kier molecular flexibility index (Phi) is 4.16. The quantitative estimate of drug-likeness (QED) is 0.906. The van der Waals surface area contributed by atoms with Gasteiger partial charge in [-0.1, -0.05) is 13.8 Å². The second-order valence-electron chi connectivity index (χ2n) is 5.70. The first-order valence-electron chi connectivity index (χ1n) is 7.23. The number of nitrogens with zero attached hydrogens (tertiary/aromatic N) is 2. The van der Waals surface area contributed by atoms with Gasteiger partial charge in [-0.05, 0) is 30.7 Å². The molecular weight excluding hydrogens is 254 g/mol. The van der Waals surface area contributed by atoms with E-state index in [2.05, 4.69) is 13.8 Å². The lowest BCUT2D eigenvalue weighted by molar-refractivity contribution is -0.131. The maximum absolute atomic E-state index is 12.3. The zero-order valence-electron chi connectivity index (χ0n) is 12.3. The van der Waals surface area contributed by atoms with Crippen LogP contribution in [-0.4, -0.2) is 28.5 Å². The lowest BCUT2D eigenvalue weighted by Crippen LogP contribution is -2.36. The fraction of sp³-hybridized carbons (Fsp3) is 0.600. The van der Waals surface area contributed by atoms with Gasteiger partial charge in [0.25, 0.3) is 5.56 Å². The van der Waals surface area contributed by atoms with Gasteiger partial charge in [0.2, 0.25) is 5.91 Å².